The third kappa shape index (κ3) is 2.53. The van der Waals surface area contributed by atoms with Crippen LogP contribution >= 0.6 is 0 Å². The van der Waals surface area contributed by atoms with E-state index < -0.39 is 10.2 Å². The van der Waals surface area contributed by atoms with Crippen molar-refractivity contribution in [3.05, 3.63) is 12.3 Å². The first-order valence-corrected chi connectivity index (χ1v) is 6.79. The average Bonchev–Trinajstić information content (AvgIpc) is 2.70. The van der Waals surface area contributed by atoms with Crippen LogP contribution in [-0.2, 0) is 10.2 Å². The molecule has 2 heterocycles. The third-order valence-corrected chi connectivity index (χ3v) is 4.19. The molecule has 2 N–H and O–H groups in total. The van der Waals surface area contributed by atoms with Gasteiger partial charge in [-0.1, -0.05) is 6.92 Å². The molecule has 1 aliphatic rings. The van der Waals surface area contributed by atoms with Crippen molar-refractivity contribution in [2.75, 3.05) is 17.8 Å². The molecule has 1 aromatic heterocycles. The van der Waals surface area contributed by atoms with Crippen LogP contribution in [0.2, 0.25) is 0 Å². The second-order valence-electron chi connectivity index (χ2n) is 4.18. The smallest absolute Gasteiger partial charge is 0.262 e. The lowest BCUT2D eigenvalue weighted by Crippen LogP contribution is -2.42. The number of anilines is 1. The lowest BCUT2D eigenvalue weighted by atomic mass is 10.0. The minimum Gasteiger partial charge on any atom is -0.262 e. The molecule has 1 fully saturated rings. The molecule has 1 aromatic rings. The number of hydrogen-bond acceptors (Lipinski definition) is 3. The van der Waals surface area contributed by atoms with E-state index in [2.05, 4.69) is 21.8 Å². The molecular formula is C9H16N4O2S. The van der Waals surface area contributed by atoms with Crippen molar-refractivity contribution in [1.82, 2.24) is 14.5 Å². The molecule has 0 aromatic carbocycles. The molecule has 1 unspecified atom stereocenters. The zero-order chi connectivity index (χ0) is 11.6. The fraction of sp³-hybridized carbons (Fsp3) is 0.667. The van der Waals surface area contributed by atoms with Crippen molar-refractivity contribution in [2.24, 2.45) is 5.92 Å². The Hall–Kier alpha value is -1.08. The van der Waals surface area contributed by atoms with Crippen molar-refractivity contribution < 1.29 is 8.42 Å². The number of H-pyrrole nitrogens is 1. The first-order valence-electron chi connectivity index (χ1n) is 5.35. The van der Waals surface area contributed by atoms with E-state index in [-0.39, 0.29) is 0 Å². The van der Waals surface area contributed by atoms with Crippen LogP contribution < -0.4 is 4.72 Å². The highest BCUT2D eigenvalue weighted by Gasteiger charge is 2.27. The second kappa shape index (κ2) is 4.42. The minimum absolute atomic E-state index is 0.401. The summed E-state index contributed by atoms with van der Waals surface area (Å²) in [6.45, 7) is 3.25. The molecule has 6 nitrogen and oxygen atoms in total. The average molecular weight is 244 g/mol. The fourth-order valence-corrected chi connectivity index (χ4v) is 3.22. The van der Waals surface area contributed by atoms with Crippen LogP contribution in [0.5, 0.6) is 0 Å². The van der Waals surface area contributed by atoms with Crippen molar-refractivity contribution in [1.29, 1.82) is 0 Å². The van der Waals surface area contributed by atoms with Crippen LogP contribution in [0.3, 0.4) is 0 Å². The van der Waals surface area contributed by atoms with Gasteiger partial charge in [-0.2, -0.15) is 17.8 Å². The summed E-state index contributed by atoms with van der Waals surface area (Å²) < 4.78 is 27.9. The highest BCUT2D eigenvalue weighted by atomic mass is 32.2. The van der Waals surface area contributed by atoms with E-state index in [1.807, 2.05) is 0 Å². The fourth-order valence-electron chi connectivity index (χ4n) is 1.88. The van der Waals surface area contributed by atoms with Gasteiger partial charge in [0.1, 0.15) is 5.82 Å². The van der Waals surface area contributed by atoms with Gasteiger partial charge in [-0.15, -0.1) is 0 Å². The quantitative estimate of drug-likeness (QED) is 0.825. The van der Waals surface area contributed by atoms with Crippen LogP contribution in [0.4, 0.5) is 5.82 Å². The molecular weight excluding hydrogens is 228 g/mol. The molecule has 0 spiro atoms. The van der Waals surface area contributed by atoms with Crippen LogP contribution in [0.1, 0.15) is 19.8 Å². The maximum absolute atomic E-state index is 12.0. The van der Waals surface area contributed by atoms with Crippen molar-refractivity contribution in [3.8, 4) is 0 Å². The number of rotatable bonds is 3. The monoisotopic (exact) mass is 244 g/mol. The van der Waals surface area contributed by atoms with E-state index in [9.17, 15) is 8.42 Å². The number of hydrogen-bond donors (Lipinski definition) is 2. The lowest BCUT2D eigenvalue weighted by molar-refractivity contribution is 0.282. The second-order valence-corrected chi connectivity index (χ2v) is 5.85. The van der Waals surface area contributed by atoms with Crippen LogP contribution in [0.25, 0.3) is 0 Å². The molecule has 0 amide bonds. The van der Waals surface area contributed by atoms with Crippen LogP contribution in [0, 0.1) is 5.92 Å². The van der Waals surface area contributed by atoms with E-state index in [4.69, 9.17) is 0 Å². The summed E-state index contributed by atoms with van der Waals surface area (Å²) in [7, 11) is -3.43. The number of aromatic amines is 1. The Balaban J connectivity index is 2.06. The van der Waals surface area contributed by atoms with E-state index in [0.717, 1.165) is 12.8 Å². The normalized spacial score (nSPS) is 23.2. The first-order chi connectivity index (χ1) is 7.58. The summed E-state index contributed by atoms with van der Waals surface area (Å²) in [5.74, 6) is 0.824. The highest BCUT2D eigenvalue weighted by Crippen LogP contribution is 2.19. The number of nitrogens with one attached hydrogen (secondary N) is 2. The molecule has 1 aliphatic heterocycles. The molecule has 0 radical (unpaired) electrons. The third-order valence-electron chi connectivity index (χ3n) is 2.70. The summed E-state index contributed by atoms with van der Waals surface area (Å²) in [5.41, 5.74) is 0. The van der Waals surface area contributed by atoms with Gasteiger partial charge in [0.05, 0.1) is 6.20 Å². The zero-order valence-corrected chi connectivity index (χ0v) is 10.00. The topological polar surface area (TPSA) is 78.1 Å². The van der Waals surface area contributed by atoms with Gasteiger partial charge in [0.2, 0.25) is 0 Å². The number of nitrogens with zero attached hydrogens (tertiary/aromatic N) is 2. The molecule has 1 saturated heterocycles. The Labute approximate surface area is 95.2 Å². The highest BCUT2D eigenvalue weighted by molar-refractivity contribution is 7.90. The molecule has 0 bridgehead atoms. The van der Waals surface area contributed by atoms with Gasteiger partial charge in [0, 0.05) is 19.2 Å². The van der Waals surface area contributed by atoms with Gasteiger partial charge in [0.15, 0.2) is 0 Å². The van der Waals surface area contributed by atoms with Crippen molar-refractivity contribution in [3.63, 3.8) is 0 Å². The molecule has 16 heavy (non-hydrogen) atoms. The van der Waals surface area contributed by atoms with E-state index >= 15 is 0 Å². The van der Waals surface area contributed by atoms with Crippen LogP contribution in [-0.4, -0.2) is 36.0 Å². The van der Waals surface area contributed by atoms with Crippen LogP contribution in [0.15, 0.2) is 12.3 Å². The predicted molar refractivity (Wildman–Crippen MR) is 61.1 cm³/mol. The largest absolute Gasteiger partial charge is 0.302 e. The van der Waals surface area contributed by atoms with Crippen molar-refractivity contribution >= 4 is 16.0 Å². The maximum Gasteiger partial charge on any atom is 0.302 e. The SMILES string of the molecule is CC1CCCN(S(=O)(=O)Nc2ccn[nH]2)C1. The number of piperidine rings is 1. The Morgan fingerprint density at radius 3 is 3.06 bits per heavy atom. The van der Waals surface area contributed by atoms with Gasteiger partial charge in [-0.05, 0) is 18.8 Å². The maximum atomic E-state index is 12.0. The molecule has 90 valence electrons. The van der Waals surface area contributed by atoms with Gasteiger partial charge < -0.3 is 0 Å². The van der Waals surface area contributed by atoms with Gasteiger partial charge in [0.25, 0.3) is 0 Å². The van der Waals surface area contributed by atoms with E-state index in [1.54, 1.807) is 6.07 Å². The molecule has 7 heteroatoms. The first kappa shape index (κ1) is 11.4. The van der Waals surface area contributed by atoms with Gasteiger partial charge >= 0.3 is 10.2 Å². The Morgan fingerprint density at radius 1 is 1.62 bits per heavy atom. The standard InChI is InChI=1S/C9H16N4O2S/c1-8-3-2-6-13(7-8)16(14,15)12-9-4-5-10-11-9/h4-5,8H,2-3,6-7H2,1H3,(H2,10,11,12). The molecule has 2 rings (SSSR count). The van der Waals surface area contributed by atoms with Gasteiger partial charge in [-0.3, -0.25) is 9.82 Å². The van der Waals surface area contributed by atoms with Crippen molar-refractivity contribution in [2.45, 2.75) is 19.8 Å². The molecule has 0 aliphatic carbocycles. The van der Waals surface area contributed by atoms with E-state index in [0.29, 0.717) is 24.8 Å². The summed E-state index contributed by atoms with van der Waals surface area (Å²) in [6.07, 6.45) is 3.53. The summed E-state index contributed by atoms with van der Waals surface area (Å²) >= 11 is 0. The van der Waals surface area contributed by atoms with E-state index in [1.165, 1.54) is 10.5 Å². The molecule has 1 atom stereocenters. The summed E-state index contributed by atoms with van der Waals surface area (Å²) in [6, 6.07) is 1.59. The Kier molecular flexibility index (Phi) is 3.15. The summed E-state index contributed by atoms with van der Waals surface area (Å²) in [5, 5.41) is 6.27. The minimum atomic E-state index is -3.43. The van der Waals surface area contributed by atoms with Gasteiger partial charge in [-0.25, -0.2) is 0 Å². The predicted octanol–water partition coefficient (Wildman–Crippen LogP) is 0.798. The zero-order valence-electron chi connectivity index (χ0n) is 9.18. The summed E-state index contributed by atoms with van der Waals surface area (Å²) in [4.78, 5) is 0. The molecule has 0 saturated carbocycles. The lowest BCUT2D eigenvalue weighted by Gasteiger charge is -2.29. The number of aromatic nitrogens is 2. The Morgan fingerprint density at radius 2 is 2.44 bits per heavy atom. The Bertz CT molecular complexity index is 428.